The summed E-state index contributed by atoms with van der Waals surface area (Å²) in [6, 6.07) is 3.31. The van der Waals surface area contributed by atoms with Crippen LogP contribution in [0.15, 0.2) is 18.3 Å². The number of pyridine rings is 1. The van der Waals surface area contributed by atoms with Crippen LogP contribution in [0.2, 0.25) is 0 Å². The first kappa shape index (κ1) is 12.2. The van der Waals surface area contributed by atoms with Crippen LogP contribution in [0.5, 0.6) is 0 Å². The minimum absolute atomic E-state index is 0.0503. The van der Waals surface area contributed by atoms with E-state index in [2.05, 4.69) is 15.6 Å². The second kappa shape index (κ2) is 5.85. The van der Waals surface area contributed by atoms with Gasteiger partial charge >= 0.3 is 6.03 Å². The van der Waals surface area contributed by atoms with Crippen LogP contribution in [0.3, 0.4) is 0 Å². The standard InChI is InChI=1S/C11H15N3O2/c1-8-4-3-6-12-10(8)14-11(16)13-7-5-9(2)15/h3-4,6H,5,7H2,1-2H3,(H2,12,13,14,16). The number of nitrogens with zero attached hydrogens (tertiary/aromatic N) is 1. The normalized spacial score (nSPS) is 9.62. The van der Waals surface area contributed by atoms with Gasteiger partial charge in [0.1, 0.15) is 11.6 Å². The first-order valence-electron chi connectivity index (χ1n) is 5.05. The van der Waals surface area contributed by atoms with Crippen LogP contribution in [0.25, 0.3) is 0 Å². The summed E-state index contributed by atoms with van der Waals surface area (Å²) in [5, 5.41) is 5.19. The van der Waals surface area contributed by atoms with E-state index in [4.69, 9.17) is 0 Å². The lowest BCUT2D eigenvalue weighted by atomic mass is 10.3. The highest BCUT2D eigenvalue weighted by Gasteiger charge is 2.04. The van der Waals surface area contributed by atoms with Crippen molar-refractivity contribution in [2.45, 2.75) is 20.3 Å². The number of urea groups is 1. The molecule has 1 aromatic heterocycles. The maximum absolute atomic E-state index is 11.4. The van der Waals surface area contributed by atoms with Gasteiger partial charge in [0.25, 0.3) is 0 Å². The number of amides is 2. The maximum atomic E-state index is 11.4. The molecule has 0 radical (unpaired) electrons. The summed E-state index contributed by atoms with van der Waals surface area (Å²) in [5.74, 6) is 0.581. The van der Waals surface area contributed by atoms with Gasteiger partial charge in [-0.3, -0.25) is 10.1 Å². The quantitative estimate of drug-likeness (QED) is 0.809. The first-order chi connectivity index (χ1) is 7.59. The largest absolute Gasteiger partial charge is 0.337 e. The number of aromatic nitrogens is 1. The van der Waals surface area contributed by atoms with Crippen LogP contribution in [0.1, 0.15) is 18.9 Å². The number of Topliss-reactive ketones (excluding diaryl/α,β-unsaturated/α-hetero) is 1. The smallest absolute Gasteiger partial charge is 0.320 e. The van der Waals surface area contributed by atoms with Crippen LogP contribution >= 0.6 is 0 Å². The summed E-state index contributed by atoms with van der Waals surface area (Å²) in [6.07, 6.45) is 1.95. The van der Waals surface area contributed by atoms with Crippen LogP contribution in [0, 0.1) is 6.92 Å². The van der Waals surface area contributed by atoms with Crippen LogP contribution in [-0.4, -0.2) is 23.3 Å². The molecule has 16 heavy (non-hydrogen) atoms. The van der Waals surface area contributed by atoms with E-state index in [-0.39, 0.29) is 11.8 Å². The van der Waals surface area contributed by atoms with E-state index >= 15 is 0 Å². The third-order valence-corrected chi connectivity index (χ3v) is 2.00. The highest BCUT2D eigenvalue weighted by Crippen LogP contribution is 2.08. The molecule has 0 bridgehead atoms. The zero-order chi connectivity index (χ0) is 12.0. The molecule has 0 unspecified atom stereocenters. The fourth-order valence-corrected chi connectivity index (χ4v) is 1.12. The van der Waals surface area contributed by atoms with Crippen molar-refractivity contribution in [3.05, 3.63) is 23.9 Å². The maximum Gasteiger partial charge on any atom is 0.320 e. The molecule has 2 N–H and O–H groups in total. The van der Waals surface area contributed by atoms with Crippen molar-refractivity contribution in [2.75, 3.05) is 11.9 Å². The number of aryl methyl sites for hydroxylation is 1. The number of anilines is 1. The Morgan fingerprint density at radius 1 is 1.44 bits per heavy atom. The van der Waals surface area contributed by atoms with Crippen molar-refractivity contribution >= 4 is 17.6 Å². The molecule has 1 aromatic rings. The van der Waals surface area contributed by atoms with Crippen molar-refractivity contribution in [3.8, 4) is 0 Å². The Labute approximate surface area is 94.3 Å². The Kier molecular flexibility index (Phi) is 4.44. The molecule has 2 amide bonds. The van der Waals surface area contributed by atoms with Gasteiger partial charge in [-0.1, -0.05) is 6.07 Å². The summed E-state index contributed by atoms with van der Waals surface area (Å²) < 4.78 is 0. The van der Waals surface area contributed by atoms with E-state index in [0.29, 0.717) is 18.8 Å². The molecule has 5 heteroatoms. The van der Waals surface area contributed by atoms with Gasteiger partial charge in [0.2, 0.25) is 0 Å². The molecular weight excluding hydrogens is 206 g/mol. The lowest BCUT2D eigenvalue weighted by molar-refractivity contribution is -0.116. The molecule has 0 saturated heterocycles. The highest BCUT2D eigenvalue weighted by atomic mass is 16.2. The summed E-state index contributed by atoms with van der Waals surface area (Å²) in [4.78, 5) is 26.0. The number of carbonyl (C=O) groups is 2. The van der Waals surface area contributed by atoms with E-state index in [1.54, 1.807) is 12.3 Å². The number of nitrogens with one attached hydrogen (secondary N) is 2. The molecule has 0 spiro atoms. The molecule has 0 aliphatic heterocycles. The first-order valence-corrected chi connectivity index (χ1v) is 5.05. The van der Waals surface area contributed by atoms with Gasteiger partial charge in [0.05, 0.1) is 0 Å². The number of rotatable bonds is 4. The summed E-state index contributed by atoms with van der Waals surface area (Å²) >= 11 is 0. The second-order valence-electron chi connectivity index (χ2n) is 3.50. The molecule has 1 heterocycles. The fraction of sp³-hybridized carbons (Fsp3) is 0.364. The van der Waals surface area contributed by atoms with Crippen molar-refractivity contribution in [1.82, 2.24) is 10.3 Å². The summed E-state index contributed by atoms with van der Waals surface area (Å²) in [7, 11) is 0. The average Bonchev–Trinajstić information content (AvgIpc) is 2.21. The topological polar surface area (TPSA) is 71.1 Å². The van der Waals surface area contributed by atoms with E-state index < -0.39 is 0 Å². The Morgan fingerprint density at radius 2 is 2.19 bits per heavy atom. The molecule has 5 nitrogen and oxygen atoms in total. The zero-order valence-corrected chi connectivity index (χ0v) is 9.41. The molecule has 1 rings (SSSR count). The number of hydrogen-bond acceptors (Lipinski definition) is 3. The molecule has 0 aromatic carbocycles. The summed E-state index contributed by atoms with van der Waals surface area (Å²) in [6.45, 7) is 3.69. The minimum Gasteiger partial charge on any atom is -0.337 e. The Morgan fingerprint density at radius 3 is 2.81 bits per heavy atom. The van der Waals surface area contributed by atoms with Crippen molar-refractivity contribution in [2.24, 2.45) is 0 Å². The molecule has 0 atom stereocenters. The minimum atomic E-state index is -0.344. The Hall–Kier alpha value is -1.91. The van der Waals surface area contributed by atoms with Crippen LogP contribution in [-0.2, 0) is 4.79 Å². The molecule has 0 aliphatic rings. The second-order valence-corrected chi connectivity index (χ2v) is 3.50. The third kappa shape index (κ3) is 4.08. The van der Waals surface area contributed by atoms with Crippen molar-refractivity contribution < 1.29 is 9.59 Å². The van der Waals surface area contributed by atoms with Gasteiger partial charge in [-0.05, 0) is 25.5 Å². The zero-order valence-electron chi connectivity index (χ0n) is 9.41. The van der Waals surface area contributed by atoms with Crippen LogP contribution in [0.4, 0.5) is 10.6 Å². The number of ketones is 1. The predicted molar refractivity (Wildman–Crippen MR) is 61.3 cm³/mol. The van der Waals surface area contributed by atoms with Gasteiger partial charge < -0.3 is 5.32 Å². The third-order valence-electron chi connectivity index (χ3n) is 2.00. The van der Waals surface area contributed by atoms with Gasteiger partial charge in [-0.25, -0.2) is 9.78 Å². The fourth-order valence-electron chi connectivity index (χ4n) is 1.12. The lowest BCUT2D eigenvalue weighted by Gasteiger charge is -2.07. The van der Waals surface area contributed by atoms with Crippen molar-refractivity contribution in [3.63, 3.8) is 0 Å². The average molecular weight is 221 g/mol. The van der Waals surface area contributed by atoms with Gasteiger partial charge in [0.15, 0.2) is 0 Å². The Balaban J connectivity index is 2.40. The van der Waals surface area contributed by atoms with Gasteiger partial charge in [0, 0.05) is 19.2 Å². The van der Waals surface area contributed by atoms with Gasteiger partial charge in [-0.2, -0.15) is 0 Å². The van der Waals surface area contributed by atoms with E-state index in [9.17, 15) is 9.59 Å². The highest BCUT2D eigenvalue weighted by molar-refractivity contribution is 5.89. The predicted octanol–water partition coefficient (Wildman–Crippen LogP) is 1.49. The van der Waals surface area contributed by atoms with E-state index in [0.717, 1.165) is 5.56 Å². The lowest BCUT2D eigenvalue weighted by Crippen LogP contribution is -2.30. The molecule has 86 valence electrons. The molecule has 0 fully saturated rings. The SMILES string of the molecule is CC(=O)CCNC(=O)Nc1ncccc1C. The number of hydrogen-bond donors (Lipinski definition) is 2. The van der Waals surface area contributed by atoms with E-state index in [1.165, 1.54) is 6.92 Å². The Bertz CT molecular complexity index is 391. The van der Waals surface area contributed by atoms with E-state index in [1.807, 2.05) is 13.0 Å². The summed E-state index contributed by atoms with van der Waals surface area (Å²) in [5.41, 5.74) is 0.893. The van der Waals surface area contributed by atoms with Gasteiger partial charge in [-0.15, -0.1) is 0 Å². The molecular formula is C11H15N3O2. The molecule has 0 aliphatic carbocycles. The van der Waals surface area contributed by atoms with Crippen molar-refractivity contribution in [1.29, 1.82) is 0 Å². The number of carbonyl (C=O) groups excluding carboxylic acids is 2. The van der Waals surface area contributed by atoms with Crippen LogP contribution < -0.4 is 10.6 Å². The monoisotopic (exact) mass is 221 g/mol. The molecule has 0 saturated carbocycles.